The number of hydrogen-bond acceptors (Lipinski definition) is 4. The maximum atomic E-state index is 12.3. The van der Waals surface area contributed by atoms with E-state index in [0.717, 1.165) is 0 Å². The molecular weight excluding hydrogens is 290 g/mol. The van der Waals surface area contributed by atoms with Crippen molar-refractivity contribution in [3.8, 4) is 5.75 Å². The van der Waals surface area contributed by atoms with Crippen LogP contribution in [-0.2, 0) is 0 Å². The zero-order chi connectivity index (χ0) is 14.8. The maximum absolute atomic E-state index is 12.3. The summed E-state index contributed by atoms with van der Waals surface area (Å²) in [5, 5.41) is 10.5. The summed E-state index contributed by atoms with van der Waals surface area (Å²) in [5.41, 5.74) is 0.926. The number of nitrogens with zero attached hydrogens (tertiary/aromatic N) is 1. The molecule has 0 aliphatic carbocycles. The van der Waals surface area contributed by atoms with E-state index in [0.29, 0.717) is 16.5 Å². The molecular formula is C16H10ClNO3. The number of halogens is 1. The highest BCUT2D eigenvalue weighted by molar-refractivity contribution is 6.32. The van der Waals surface area contributed by atoms with Gasteiger partial charge < -0.3 is 9.52 Å². The average Bonchev–Trinajstić information content (AvgIpc) is 2.51. The predicted octanol–water partition coefficient (Wildman–Crippen LogP) is 3.90. The fourth-order valence-electron chi connectivity index (χ4n) is 1.93. The van der Waals surface area contributed by atoms with Gasteiger partial charge >= 0.3 is 0 Å². The summed E-state index contributed by atoms with van der Waals surface area (Å²) in [6, 6.07) is 11.8. The van der Waals surface area contributed by atoms with E-state index >= 15 is 0 Å². The van der Waals surface area contributed by atoms with E-state index in [2.05, 4.69) is 4.99 Å². The van der Waals surface area contributed by atoms with Gasteiger partial charge in [0.05, 0.1) is 16.0 Å². The topological polar surface area (TPSA) is 62.8 Å². The second-order valence-electron chi connectivity index (χ2n) is 4.38. The first-order valence-electron chi connectivity index (χ1n) is 6.19. The van der Waals surface area contributed by atoms with Gasteiger partial charge in [-0.25, -0.2) is 0 Å². The lowest BCUT2D eigenvalue weighted by Crippen LogP contribution is -2.07. The Bertz CT molecular complexity index is 899. The number of hydrogen-bond donors (Lipinski definition) is 1. The van der Waals surface area contributed by atoms with Crippen LogP contribution in [-0.4, -0.2) is 11.3 Å². The quantitative estimate of drug-likeness (QED) is 0.730. The van der Waals surface area contributed by atoms with Crippen molar-refractivity contribution in [2.75, 3.05) is 0 Å². The molecule has 0 atom stereocenters. The molecule has 5 heteroatoms. The number of phenols is 1. The van der Waals surface area contributed by atoms with Gasteiger partial charge in [0.15, 0.2) is 5.75 Å². The molecule has 3 rings (SSSR count). The van der Waals surface area contributed by atoms with Crippen LogP contribution in [0.2, 0.25) is 5.02 Å². The average molecular weight is 300 g/mol. The minimum absolute atomic E-state index is 0.124. The first kappa shape index (κ1) is 13.4. The van der Waals surface area contributed by atoms with Crippen LogP contribution in [0, 0.1) is 0 Å². The molecule has 0 fully saturated rings. The third kappa shape index (κ3) is 2.53. The van der Waals surface area contributed by atoms with Crippen molar-refractivity contribution in [1.82, 2.24) is 0 Å². The van der Waals surface area contributed by atoms with E-state index in [-0.39, 0.29) is 21.9 Å². The SMILES string of the molecule is O=c1c(C=Nc2cccc(Cl)c2O)coc2ccccc12. The molecule has 1 aromatic heterocycles. The first-order valence-corrected chi connectivity index (χ1v) is 6.57. The van der Waals surface area contributed by atoms with E-state index < -0.39 is 0 Å². The Morgan fingerprint density at radius 1 is 1.14 bits per heavy atom. The van der Waals surface area contributed by atoms with Crippen molar-refractivity contribution < 1.29 is 9.52 Å². The van der Waals surface area contributed by atoms with Crippen LogP contribution in [0.4, 0.5) is 5.69 Å². The highest BCUT2D eigenvalue weighted by Gasteiger charge is 2.06. The molecule has 0 bridgehead atoms. The Labute approximate surface area is 124 Å². The molecule has 21 heavy (non-hydrogen) atoms. The van der Waals surface area contributed by atoms with Crippen LogP contribution in [0.1, 0.15) is 5.56 Å². The minimum Gasteiger partial charge on any atom is -0.504 e. The summed E-state index contributed by atoms with van der Waals surface area (Å²) in [6.07, 6.45) is 2.69. The number of aliphatic imine (C=N–C) groups is 1. The normalized spacial score (nSPS) is 11.3. The summed E-state index contributed by atoms with van der Waals surface area (Å²) in [6.45, 7) is 0. The number of rotatable bonds is 2. The fraction of sp³-hybridized carbons (Fsp3) is 0. The van der Waals surface area contributed by atoms with Gasteiger partial charge in [-0.05, 0) is 24.3 Å². The second kappa shape index (κ2) is 5.42. The molecule has 3 aromatic rings. The third-order valence-electron chi connectivity index (χ3n) is 3.01. The van der Waals surface area contributed by atoms with Crippen LogP contribution in [0.25, 0.3) is 11.0 Å². The minimum atomic E-state index is -0.179. The zero-order valence-electron chi connectivity index (χ0n) is 10.8. The molecule has 4 nitrogen and oxygen atoms in total. The molecule has 0 amide bonds. The molecule has 0 radical (unpaired) electrons. The van der Waals surface area contributed by atoms with Crippen molar-refractivity contribution in [1.29, 1.82) is 0 Å². The van der Waals surface area contributed by atoms with Crippen LogP contribution in [0.3, 0.4) is 0 Å². The summed E-state index contributed by atoms with van der Waals surface area (Å²) in [5.74, 6) is -0.124. The zero-order valence-corrected chi connectivity index (χ0v) is 11.5. The Hall–Kier alpha value is -2.59. The second-order valence-corrected chi connectivity index (χ2v) is 4.79. The Morgan fingerprint density at radius 2 is 1.95 bits per heavy atom. The highest BCUT2D eigenvalue weighted by atomic mass is 35.5. The van der Waals surface area contributed by atoms with Crippen LogP contribution >= 0.6 is 11.6 Å². The third-order valence-corrected chi connectivity index (χ3v) is 3.32. The van der Waals surface area contributed by atoms with Crippen molar-refractivity contribution in [3.05, 3.63) is 69.5 Å². The van der Waals surface area contributed by atoms with Gasteiger partial charge in [0.2, 0.25) is 5.43 Å². The number of benzene rings is 2. The van der Waals surface area contributed by atoms with Crippen LogP contribution in [0.15, 0.2) is 62.9 Å². The van der Waals surface area contributed by atoms with E-state index in [1.807, 2.05) is 0 Å². The van der Waals surface area contributed by atoms with E-state index in [1.165, 1.54) is 12.5 Å². The van der Waals surface area contributed by atoms with Crippen LogP contribution in [0.5, 0.6) is 5.75 Å². The van der Waals surface area contributed by atoms with Crippen molar-refractivity contribution in [2.24, 2.45) is 4.99 Å². The Balaban J connectivity index is 2.06. The lowest BCUT2D eigenvalue weighted by Gasteiger charge is -2.00. The monoisotopic (exact) mass is 299 g/mol. The van der Waals surface area contributed by atoms with E-state index in [1.54, 1.807) is 42.5 Å². The van der Waals surface area contributed by atoms with Crippen molar-refractivity contribution in [3.63, 3.8) is 0 Å². The molecule has 104 valence electrons. The van der Waals surface area contributed by atoms with Gasteiger partial charge in [0.1, 0.15) is 17.5 Å². The maximum Gasteiger partial charge on any atom is 0.201 e. The van der Waals surface area contributed by atoms with Gasteiger partial charge in [-0.15, -0.1) is 0 Å². The number of phenolic OH excluding ortho intramolecular Hbond substituents is 1. The molecule has 0 unspecified atom stereocenters. The molecule has 0 spiro atoms. The lowest BCUT2D eigenvalue weighted by molar-refractivity contribution is 0.477. The molecule has 0 aliphatic heterocycles. The van der Waals surface area contributed by atoms with Crippen LogP contribution < -0.4 is 5.43 Å². The number of fused-ring (bicyclic) bond motifs is 1. The summed E-state index contributed by atoms with van der Waals surface area (Å²) < 4.78 is 5.39. The van der Waals surface area contributed by atoms with Crippen molar-refractivity contribution >= 4 is 34.5 Å². The Morgan fingerprint density at radius 3 is 2.81 bits per heavy atom. The van der Waals surface area contributed by atoms with Gasteiger partial charge in [-0.3, -0.25) is 9.79 Å². The molecule has 0 saturated carbocycles. The lowest BCUT2D eigenvalue weighted by atomic mass is 10.2. The predicted molar refractivity (Wildman–Crippen MR) is 82.9 cm³/mol. The van der Waals surface area contributed by atoms with E-state index in [4.69, 9.17) is 16.0 Å². The van der Waals surface area contributed by atoms with Crippen molar-refractivity contribution in [2.45, 2.75) is 0 Å². The van der Waals surface area contributed by atoms with Gasteiger partial charge in [0.25, 0.3) is 0 Å². The Kier molecular flexibility index (Phi) is 3.46. The first-order chi connectivity index (χ1) is 10.2. The van der Waals surface area contributed by atoms with Gasteiger partial charge in [0, 0.05) is 6.21 Å². The summed E-state index contributed by atoms with van der Waals surface area (Å²) >= 11 is 5.80. The molecule has 0 saturated heterocycles. The molecule has 1 heterocycles. The molecule has 2 aromatic carbocycles. The number of aromatic hydroxyl groups is 1. The molecule has 1 N–H and O–H groups in total. The number of para-hydroxylation sites is 2. The highest BCUT2D eigenvalue weighted by Crippen LogP contribution is 2.33. The molecule has 0 aliphatic rings. The van der Waals surface area contributed by atoms with E-state index in [9.17, 15) is 9.90 Å². The summed E-state index contributed by atoms with van der Waals surface area (Å²) in [7, 11) is 0. The summed E-state index contributed by atoms with van der Waals surface area (Å²) in [4.78, 5) is 16.3. The largest absolute Gasteiger partial charge is 0.504 e. The smallest absolute Gasteiger partial charge is 0.201 e. The van der Waals surface area contributed by atoms with Gasteiger partial charge in [-0.2, -0.15) is 0 Å². The fourth-order valence-corrected chi connectivity index (χ4v) is 2.10. The van der Waals surface area contributed by atoms with Gasteiger partial charge in [-0.1, -0.05) is 29.8 Å². The standard InChI is InChI=1S/C16H10ClNO3/c17-12-5-3-6-13(16(12)20)18-8-10-9-21-14-7-2-1-4-11(14)15(10)19/h1-9,20H.